The smallest absolute Gasteiger partial charge is 0.289 e. The molecule has 0 saturated carbocycles. The summed E-state index contributed by atoms with van der Waals surface area (Å²) in [7, 11) is 0. The Hall–Kier alpha value is -2.24. The fourth-order valence-electron chi connectivity index (χ4n) is 2.02. The summed E-state index contributed by atoms with van der Waals surface area (Å²) in [6.07, 6.45) is -5.77. The first-order valence-electron chi connectivity index (χ1n) is 6.30. The molecule has 0 N–H and O–H groups in total. The van der Waals surface area contributed by atoms with Crippen LogP contribution in [-0.4, -0.2) is 12.0 Å². The maximum Gasteiger partial charge on any atom is 0.458 e. The highest BCUT2D eigenvalue weighted by molar-refractivity contribution is 6.10. The van der Waals surface area contributed by atoms with Crippen molar-refractivity contribution >= 4 is 5.78 Å². The lowest BCUT2D eigenvalue weighted by Crippen LogP contribution is -2.35. The van der Waals surface area contributed by atoms with Gasteiger partial charge in [-0.1, -0.05) is 48.0 Å². The zero-order chi connectivity index (χ0) is 16.5. The lowest BCUT2D eigenvalue weighted by atomic mass is 9.93. The predicted molar refractivity (Wildman–Crippen MR) is 71.0 cm³/mol. The van der Waals surface area contributed by atoms with Crippen LogP contribution >= 0.6 is 0 Å². The molecule has 0 aliphatic rings. The first kappa shape index (κ1) is 16.1. The maximum atomic E-state index is 13.7. The van der Waals surface area contributed by atoms with Gasteiger partial charge in [-0.3, -0.25) is 4.79 Å². The van der Waals surface area contributed by atoms with E-state index >= 15 is 0 Å². The molecule has 0 aliphatic carbocycles. The summed E-state index contributed by atoms with van der Waals surface area (Å²) in [6, 6.07) is 10.2. The summed E-state index contributed by atoms with van der Waals surface area (Å²) in [4.78, 5) is 12.3. The molecule has 6 heteroatoms. The van der Waals surface area contributed by atoms with Gasteiger partial charge in [0.2, 0.25) is 0 Å². The molecule has 0 saturated heterocycles. The fraction of sp³-hybridized carbons (Fsp3) is 0.188. The molecule has 2 aromatic rings. The van der Waals surface area contributed by atoms with Gasteiger partial charge in [-0.15, -0.1) is 0 Å². The van der Waals surface area contributed by atoms with Crippen LogP contribution in [0.25, 0.3) is 0 Å². The largest absolute Gasteiger partial charge is 0.458 e. The highest BCUT2D eigenvalue weighted by atomic mass is 19.4. The Morgan fingerprint density at radius 3 is 2.05 bits per heavy atom. The van der Waals surface area contributed by atoms with Gasteiger partial charge in [-0.05, 0) is 13.0 Å². The van der Waals surface area contributed by atoms with Crippen molar-refractivity contribution in [3.63, 3.8) is 0 Å². The number of hydrogen-bond acceptors (Lipinski definition) is 1. The Kier molecular flexibility index (Phi) is 4.04. The van der Waals surface area contributed by atoms with Gasteiger partial charge >= 0.3 is 12.1 Å². The third kappa shape index (κ3) is 2.86. The van der Waals surface area contributed by atoms with Gasteiger partial charge in [0.1, 0.15) is 0 Å². The molecule has 0 fully saturated rings. The molecule has 0 amide bonds. The molecular weight excluding hydrogens is 303 g/mol. The molecule has 116 valence electrons. The number of carbonyl (C=O) groups excluding carboxylic acids is 1. The maximum absolute atomic E-state index is 13.7. The van der Waals surface area contributed by atoms with E-state index in [1.165, 1.54) is 31.2 Å². The second-order valence-electron chi connectivity index (χ2n) is 4.82. The summed E-state index contributed by atoms with van der Waals surface area (Å²) in [5.74, 6) is -5.97. The van der Waals surface area contributed by atoms with E-state index < -0.39 is 29.0 Å². The van der Waals surface area contributed by atoms with Crippen LogP contribution in [-0.2, 0) is 5.92 Å². The average molecular weight is 314 g/mol. The number of carbonyl (C=O) groups is 1. The normalized spacial score (nSPS) is 12.3. The fourth-order valence-corrected chi connectivity index (χ4v) is 2.02. The van der Waals surface area contributed by atoms with E-state index in [9.17, 15) is 26.7 Å². The Morgan fingerprint density at radius 1 is 0.909 bits per heavy atom. The number of benzene rings is 2. The minimum atomic E-state index is -5.77. The van der Waals surface area contributed by atoms with Crippen LogP contribution < -0.4 is 0 Å². The van der Waals surface area contributed by atoms with Crippen molar-refractivity contribution in [3.8, 4) is 0 Å². The number of ketones is 1. The second kappa shape index (κ2) is 5.51. The van der Waals surface area contributed by atoms with Gasteiger partial charge in [0.05, 0.1) is 0 Å². The van der Waals surface area contributed by atoms with Gasteiger partial charge in [-0.2, -0.15) is 22.0 Å². The molecule has 0 heterocycles. The van der Waals surface area contributed by atoms with Crippen molar-refractivity contribution in [2.75, 3.05) is 0 Å². The molecule has 0 radical (unpaired) electrons. The highest BCUT2D eigenvalue weighted by Gasteiger charge is 2.59. The SMILES string of the molecule is Cc1ccc(C(F)(F)C(F)(F)F)c(C(=O)c2ccccc2)c1. The van der Waals surface area contributed by atoms with E-state index in [0.29, 0.717) is 11.6 Å². The summed E-state index contributed by atoms with van der Waals surface area (Å²) >= 11 is 0. The number of rotatable bonds is 3. The van der Waals surface area contributed by atoms with Crippen molar-refractivity contribution in [2.24, 2.45) is 0 Å². The van der Waals surface area contributed by atoms with E-state index in [-0.39, 0.29) is 5.56 Å². The van der Waals surface area contributed by atoms with Gasteiger partial charge < -0.3 is 0 Å². The van der Waals surface area contributed by atoms with E-state index in [2.05, 4.69) is 0 Å². The molecule has 0 spiro atoms. The highest BCUT2D eigenvalue weighted by Crippen LogP contribution is 2.45. The monoisotopic (exact) mass is 314 g/mol. The minimum absolute atomic E-state index is 0.0484. The molecule has 2 rings (SSSR count). The predicted octanol–water partition coefficient (Wildman–Crippen LogP) is 4.88. The Bertz CT molecular complexity index is 689. The number of hydrogen-bond donors (Lipinski definition) is 0. The molecule has 0 aromatic heterocycles. The Balaban J connectivity index is 2.62. The Morgan fingerprint density at radius 2 is 1.50 bits per heavy atom. The molecule has 0 bridgehead atoms. The summed E-state index contributed by atoms with van der Waals surface area (Å²) in [6.45, 7) is 1.51. The first-order chi connectivity index (χ1) is 10.1. The van der Waals surface area contributed by atoms with Crippen LogP contribution in [0.5, 0.6) is 0 Å². The van der Waals surface area contributed by atoms with Crippen molar-refractivity contribution in [1.82, 2.24) is 0 Å². The van der Waals surface area contributed by atoms with Gasteiger partial charge in [0, 0.05) is 16.7 Å². The van der Waals surface area contributed by atoms with Crippen LogP contribution in [0.2, 0.25) is 0 Å². The van der Waals surface area contributed by atoms with Crippen LogP contribution in [0, 0.1) is 6.92 Å². The molecule has 0 atom stereocenters. The summed E-state index contributed by atoms with van der Waals surface area (Å²) in [5.41, 5.74) is -1.51. The minimum Gasteiger partial charge on any atom is -0.289 e. The molecular formula is C16H11F5O. The molecule has 0 unspecified atom stereocenters. The van der Waals surface area contributed by atoms with Crippen molar-refractivity contribution in [1.29, 1.82) is 0 Å². The quantitative estimate of drug-likeness (QED) is 0.583. The third-order valence-electron chi connectivity index (χ3n) is 3.15. The lowest BCUT2D eigenvalue weighted by molar-refractivity contribution is -0.289. The number of halogens is 5. The first-order valence-corrected chi connectivity index (χ1v) is 6.30. The molecule has 2 aromatic carbocycles. The van der Waals surface area contributed by atoms with Gasteiger partial charge in [0.25, 0.3) is 0 Å². The topological polar surface area (TPSA) is 17.1 Å². The van der Waals surface area contributed by atoms with Crippen LogP contribution in [0.1, 0.15) is 27.0 Å². The van der Waals surface area contributed by atoms with E-state index in [4.69, 9.17) is 0 Å². The standard InChI is InChI=1S/C16H11F5O/c1-10-7-8-13(15(17,18)16(19,20)21)12(9-10)14(22)11-5-3-2-4-6-11/h2-9H,1H3. The lowest BCUT2D eigenvalue weighted by Gasteiger charge is -2.22. The van der Waals surface area contributed by atoms with E-state index in [1.807, 2.05) is 0 Å². The van der Waals surface area contributed by atoms with Crippen molar-refractivity contribution in [3.05, 3.63) is 70.8 Å². The molecule has 0 aliphatic heterocycles. The van der Waals surface area contributed by atoms with Crippen molar-refractivity contribution < 1.29 is 26.7 Å². The average Bonchev–Trinajstić information content (AvgIpc) is 2.46. The summed E-state index contributed by atoms with van der Waals surface area (Å²) in [5, 5.41) is 0. The van der Waals surface area contributed by atoms with Crippen LogP contribution in [0.4, 0.5) is 22.0 Å². The third-order valence-corrected chi connectivity index (χ3v) is 3.15. The Labute approximate surface area is 123 Å². The van der Waals surface area contributed by atoms with Gasteiger partial charge in [0.15, 0.2) is 5.78 Å². The zero-order valence-corrected chi connectivity index (χ0v) is 11.4. The zero-order valence-electron chi connectivity index (χ0n) is 11.4. The second-order valence-corrected chi connectivity index (χ2v) is 4.82. The van der Waals surface area contributed by atoms with Crippen LogP contribution in [0.3, 0.4) is 0 Å². The molecule has 22 heavy (non-hydrogen) atoms. The van der Waals surface area contributed by atoms with Crippen LogP contribution in [0.15, 0.2) is 48.5 Å². The molecule has 1 nitrogen and oxygen atoms in total. The van der Waals surface area contributed by atoms with Gasteiger partial charge in [-0.25, -0.2) is 0 Å². The van der Waals surface area contributed by atoms with Crippen molar-refractivity contribution in [2.45, 2.75) is 19.0 Å². The number of aryl methyl sites for hydroxylation is 1. The van der Waals surface area contributed by atoms with E-state index in [1.54, 1.807) is 6.07 Å². The van der Waals surface area contributed by atoms with E-state index in [0.717, 1.165) is 12.1 Å². The summed E-state index contributed by atoms with van der Waals surface area (Å²) < 4.78 is 65.1. The number of alkyl halides is 5.